The summed E-state index contributed by atoms with van der Waals surface area (Å²) in [4.78, 5) is 3.07. The molecule has 0 aromatic heterocycles. The van der Waals surface area contributed by atoms with Gasteiger partial charge in [0.1, 0.15) is 11.5 Å². The van der Waals surface area contributed by atoms with E-state index in [0.29, 0.717) is 0 Å². The quantitative estimate of drug-likeness (QED) is 0.694. The highest BCUT2D eigenvalue weighted by Gasteiger charge is 2.18. The van der Waals surface area contributed by atoms with Crippen molar-refractivity contribution in [1.82, 2.24) is 0 Å². The molecular formula is C16H17BCl2F2N2O2. The molecule has 0 amide bonds. The normalized spacial score (nSPS) is 10.4. The molecule has 0 aliphatic carbocycles. The SMILES string of the molecule is CN(C)c1c(Cl)ccc(OBOc2ccc(Cl)c(N(C)C)c2F)c1F. The van der Waals surface area contributed by atoms with E-state index in [4.69, 9.17) is 32.5 Å². The standard InChI is InChI=1S/C16H17BCl2F2N2O2/c1-22(2)15-9(18)5-7-11(13(15)20)24-17-25-12-8-6-10(19)16(14(12)21)23(3)4/h5-8,17H,1-4H3. The molecule has 2 aromatic carbocycles. The van der Waals surface area contributed by atoms with Crippen molar-refractivity contribution in [1.29, 1.82) is 0 Å². The molecule has 0 saturated heterocycles. The monoisotopic (exact) mass is 388 g/mol. The molecule has 0 fully saturated rings. The van der Waals surface area contributed by atoms with Crippen LogP contribution in [0.2, 0.25) is 10.0 Å². The van der Waals surface area contributed by atoms with E-state index in [1.807, 2.05) is 0 Å². The molecule has 2 aromatic rings. The summed E-state index contributed by atoms with van der Waals surface area (Å²) in [5.41, 5.74) is 0.401. The van der Waals surface area contributed by atoms with E-state index in [1.54, 1.807) is 28.2 Å². The third-order valence-electron chi connectivity index (χ3n) is 3.39. The van der Waals surface area contributed by atoms with E-state index in [-0.39, 0.29) is 40.6 Å². The van der Waals surface area contributed by atoms with Crippen LogP contribution >= 0.6 is 23.2 Å². The Morgan fingerprint density at radius 1 is 0.760 bits per heavy atom. The van der Waals surface area contributed by atoms with Crippen molar-refractivity contribution >= 4 is 42.3 Å². The molecular weight excluding hydrogens is 372 g/mol. The molecule has 2 rings (SSSR count). The first-order chi connectivity index (χ1) is 11.7. The maximum Gasteiger partial charge on any atom is 0.576 e. The highest BCUT2D eigenvalue weighted by molar-refractivity contribution is 6.33. The summed E-state index contributed by atoms with van der Waals surface area (Å²) in [6.45, 7) is 0. The number of benzene rings is 2. The summed E-state index contributed by atoms with van der Waals surface area (Å²) in [6, 6.07) is 5.81. The van der Waals surface area contributed by atoms with Gasteiger partial charge in [0.05, 0.1) is 21.4 Å². The van der Waals surface area contributed by atoms with E-state index in [2.05, 4.69) is 0 Å². The Labute approximate surface area is 156 Å². The lowest BCUT2D eigenvalue weighted by Crippen LogP contribution is -2.17. The van der Waals surface area contributed by atoms with E-state index in [0.717, 1.165) is 0 Å². The smallest absolute Gasteiger partial charge is 0.526 e. The van der Waals surface area contributed by atoms with Gasteiger partial charge in [0.2, 0.25) is 0 Å². The third kappa shape index (κ3) is 4.22. The van der Waals surface area contributed by atoms with E-state index in [9.17, 15) is 8.78 Å². The van der Waals surface area contributed by atoms with Gasteiger partial charge in [-0.3, -0.25) is 0 Å². The first-order valence-corrected chi connectivity index (χ1v) is 8.05. The molecule has 134 valence electrons. The Morgan fingerprint density at radius 3 is 1.44 bits per heavy atom. The zero-order chi connectivity index (χ0) is 18.7. The Hall–Kier alpha value is -1.86. The van der Waals surface area contributed by atoms with Gasteiger partial charge in [-0.05, 0) is 24.3 Å². The summed E-state index contributed by atoms with van der Waals surface area (Å²) in [6.07, 6.45) is 0. The van der Waals surface area contributed by atoms with E-state index in [1.165, 1.54) is 34.1 Å². The molecule has 0 radical (unpaired) electrons. The molecule has 0 spiro atoms. The van der Waals surface area contributed by atoms with Gasteiger partial charge in [-0.25, -0.2) is 8.78 Å². The van der Waals surface area contributed by atoms with Crippen molar-refractivity contribution in [3.63, 3.8) is 0 Å². The lowest BCUT2D eigenvalue weighted by molar-refractivity contribution is 0.421. The number of nitrogens with zero attached hydrogens (tertiary/aromatic N) is 2. The van der Waals surface area contributed by atoms with Crippen molar-refractivity contribution in [3.05, 3.63) is 45.9 Å². The average Bonchev–Trinajstić information content (AvgIpc) is 2.51. The Bertz CT molecular complexity index is 713. The van der Waals surface area contributed by atoms with Gasteiger partial charge in [-0.15, -0.1) is 0 Å². The zero-order valence-corrected chi connectivity index (χ0v) is 15.8. The summed E-state index contributed by atoms with van der Waals surface area (Å²) in [7, 11) is 6.27. The maximum absolute atomic E-state index is 14.4. The predicted molar refractivity (Wildman–Crippen MR) is 99.9 cm³/mol. The summed E-state index contributed by atoms with van der Waals surface area (Å²) in [5.74, 6) is -1.33. The molecule has 0 bridgehead atoms. The molecule has 0 heterocycles. The number of rotatable bonds is 6. The van der Waals surface area contributed by atoms with Gasteiger partial charge in [0.25, 0.3) is 0 Å². The first-order valence-electron chi connectivity index (χ1n) is 7.30. The minimum absolute atomic E-state index is 0.0460. The highest BCUT2D eigenvalue weighted by atomic mass is 35.5. The van der Waals surface area contributed by atoms with Crippen LogP contribution in [-0.4, -0.2) is 35.9 Å². The van der Waals surface area contributed by atoms with Crippen LogP contribution in [0.3, 0.4) is 0 Å². The second-order valence-electron chi connectivity index (χ2n) is 5.61. The second kappa shape index (κ2) is 8.02. The van der Waals surface area contributed by atoms with Crippen LogP contribution < -0.4 is 19.1 Å². The molecule has 9 heteroatoms. The maximum atomic E-state index is 14.4. The molecule has 0 N–H and O–H groups in total. The minimum atomic E-state index is -0.619. The molecule has 25 heavy (non-hydrogen) atoms. The fourth-order valence-corrected chi connectivity index (χ4v) is 2.87. The van der Waals surface area contributed by atoms with Crippen molar-refractivity contribution in [2.75, 3.05) is 38.0 Å². The van der Waals surface area contributed by atoms with Gasteiger partial charge < -0.3 is 19.1 Å². The summed E-state index contributed by atoms with van der Waals surface area (Å²) in [5, 5.41) is 0.519. The summed E-state index contributed by atoms with van der Waals surface area (Å²) < 4.78 is 39.4. The largest absolute Gasteiger partial charge is 0.576 e. The number of hydrogen-bond donors (Lipinski definition) is 0. The molecule has 0 unspecified atom stereocenters. The Kier molecular flexibility index (Phi) is 6.24. The van der Waals surface area contributed by atoms with Crippen LogP contribution in [0.5, 0.6) is 11.5 Å². The zero-order valence-electron chi connectivity index (χ0n) is 14.2. The predicted octanol–water partition coefficient (Wildman–Crippen LogP) is 4.13. The van der Waals surface area contributed by atoms with Gasteiger partial charge in [-0.1, -0.05) is 23.2 Å². The number of halogens is 4. The molecule has 0 atom stereocenters. The Balaban J connectivity index is 2.15. The van der Waals surface area contributed by atoms with Gasteiger partial charge in [0, 0.05) is 28.2 Å². The fraction of sp³-hybridized carbons (Fsp3) is 0.250. The van der Waals surface area contributed by atoms with Crippen LogP contribution in [0.1, 0.15) is 0 Å². The van der Waals surface area contributed by atoms with Crippen LogP contribution in [0.25, 0.3) is 0 Å². The van der Waals surface area contributed by atoms with E-state index >= 15 is 0 Å². The van der Waals surface area contributed by atoms with Gasteiger partial charge in [-0.2, -0.15) is 0 Å². The van der Waals surface area contributed by atoms with Crippen molar-refractivity contribution in [3.8, 4) is 11.5 Å². The molecule has 4 nitrogen and oxygen atoms in total. The number of anilines is 2. The Morgan fingerprint density at radius 2 is 1.12 bits per heavy atom. The van der Waals surface area contributed by atoms with Crippen LogP contribution in [0.4, 0.5) is 20.2 Å². The average molecular weight is 389 g/mol. The topological polar surface area (TPSA) is 24.9 Å². The lowest BCUT2D eigenvalue weighted by Gasteiger charge is -2.19. The second-order valence-corrected chi connectivity index (χ2v) is 6.43. The fourth-order valence-electron chi connectivity index (χ4n) is 2.24. The van der Waals surface area contributed by atoms with Crippen LogP contribution in [-0.2, 0) is 0 Å². The van der Waals surface area contributed by atoms with Crippen LogP contribution in [0.15, 0.2) is 24.3 Å². The first kappa shape index (κ1) is 19.5. The molecule has 0 aliphatic heterocycles. The minimum Gasteiger partial charge on any atom is -0.526 e. The van der Waals surface area contributed by atoms with Crippen molar-refractivity contribution in [2.24, 2.45) is 0 Å². The number of hydrogen-bond acceptors (Lipinski definition) is 4. The van der Waals surface area contributed by atoms with Crippen molar-refractivity contribution < 1.29 is 18.1 Å². The van der Waals surface area contributed by atoms with Crippen LogP contribution in [0, 0.1) is 11.6 Å². The van der Waals surface area contributed by atoms with Crippen molar-refractivity contribution in [2.45, 2.75) is 0 Å². The van der Waals surface area contributed by atoms with Gasteiger partial charge in [0.15, 0.2) is 11.6 Å². The van der Waals surface area contributed by atoms with E-state index < -0.39 is 11.6 Å². The van der Waals surface area contributed by atoms with Gasteiger partial charge >= 0.3 is 7.69 Å². The summed E-state index contributed by atoms with van der Waals surface area (Å²) >= 11 is 11.9. The highest BCUT2D eigenvalue weighted by Crippen LogP contribution is 2.35. The molecule has 0 saturated carbocycles. The lowest BCUT2D eigenvalue weighted by atomic mass is 10.2. The third-order valence-corrected chi connectivity index (χ3v) is 4.00. The molecule has 0 aliphatic rings.